The average molecular weight is 261 g/mol. The summed E-state index contributed by atoms with van der Waals surface area (Å²) in [5.74, 6) is 0.718. The lowest BCUT2D eigenvalue weighted by atomic mass is 10.1. The summed E-state index contributed by atoms with van der Waals surface area (Å²) in [6.45, 7) is 5.05. The number of amides is 1. The summed E-state index contributed by atoms with van der Waals surface area (Å²) in [6, 6.07) is 5.86. The lowest BCUT2D eigenvalue weighted by Gasteiger charge is -2.12. The Labute approximate surface area is 113 Å². The van der Waals surface area contributed by atoms with Gasteiger partial charge in [0.05, 0.1) is 26.2 Å². The van der Waals surface area contributed by atoms with Gasteiger partial charge in [0.1, 0.15) is 5.75 Å². The van der Waals surface area contributed by atoms with Gasteiger partial charge in [-0.3, -0.25) is 4.79 Å². The number of carbonyl (C=O) groups is 1. The second-order valence-corrected chi connectivity index (χ2v) is 4.58. The monoisotopic (exact) mass is 261 g/mol. The minimum absolute atomic E-state index is 0.000142. The van der Waals surface area contributed by atoms with Crippen molar-refractivity contribution in [1.29, 1.82) is 0 Å². The minimum Gasteiger partial charge on any atom is -0.496 e. The Kier molecular flexibility index (Phi) is 4.58. The van der Waals surface area contributed by atoms with Gasteiger partial charge in [0.15, 0.2) is 0 Å². The molecule has 0 radical (unpaired) electrons. The SMILES string of the molecule is C=Cc1ccc(CC(=O)NC2CCOC2)c(OC)c1. The molecular formula is C15H19NO3. The Morgan fingerprint density at radius 2 is 2.47 bits per heavy atom. The van der Waals surface area contributed by atoms with Crippen LogP contribution in [-0.2, 0) is 16.0 Å². The first kappa shape index (κ1) is 13.6. The summed E-state index contributed by atoms with van der Waals surface area (Å²) < 4.78 is 10.5. The van der Waals surface area contributed by atoms with Gasteiger partial charge in [-0.25, -0.2) is 0 Å². The van der Waals surface area contributed by atoms with Crippen molar-refractivity contribution >= 4 is 12.0 Å². The van der Waals surface area contributed by atoms with Crippen molar-refractivity contribution in [3.05, 3.63) is 35.9 Å². The molecule has 1 atom stereocenters. The number of hydrogen-bond acceptors (Lipinski definition) is 3. The second-order valence-electron chi connectivity index (χ2n) is 4.58. The van der Waals surface area contributed by atoms with Gasteiger partial charge in [-0.05, 0) is 18.1 Å². The lowest BCUT2D eigenvalue weighted by Crippen LogP contribution is -2.36. The molecule has 0 aliphatic carbocycles. The van der Waals surface area contributed by atoms with E-state index in [4.69, 9.17) is 9.47 Å². The zero-order valence-electron chi connectivity index (χ0n) is 11.1. The van der Waals surface area contributed by atoms with E-state index < -0.39 is 0 Å². The van der Waals surface area contributed by atoms with Crippen molar-refractivity contribution < 1.29 is 14.3 Å². The Morgan fingerprint density at radius 1 is 1.63 bits per heavy atom. The van der Waals surface area contributed by atoms with Crippen LogP contribution < -0.4 is 10.1 Å². The van der Waals surface area contributed by atoms with Crippen molar-refractivity contribution in [2.45, 2.75) is 18.9 Å². The summed E-state index contributed by atoms with van der Waals surface area (Å²) >= 11 is 0. The standard InChI is InChI=1S/C15H19NO3/c1-3-11-4-5-12(14(8-11)18-2)9-15(17)16-13-6-7-19-10-13/h3-5,8,13H,1,6-7,9-10H2,2H3,(H,16,17). The molecule has 1 heterocycles. The highest BCUT2D eigenvalue weighted by Gasteiger charge is 2.18. The maximum Gasteiger partial charge on any atom is 0.224 e. The molecule has 0 spiro atoms. The molecule has 2 rings (SSSR count). The Hall–Kier alpha value is -1.81. The van der Waals surface area contributed by atoms with Crippen molar-refractivity contribution in [2.75, 3.05) is 20.3 Å². The molecule has 1 fully saturated rings. The van der Waals surface area contributed by atoms with Crippen molar-refractivity contribution in [3.63, 3.8) is 0 Å². The van der Waals surface area contributed by atoms with Crippen molar-refractivity contribution in [3.8, 4) is 5.75 Å². The first-order chi connectivity index (χ1) is 9.22. The first-order valence-electron chi connectivity index (χ1n) is 6.39. The van der Waals surface area contributed by atoms with Crippen LogP contribution in [-0.4, -0.2) is 32.3 Å². The average Bonchev–Trinajstić information content (AvgIpc) is 2.91. The van der Waals surface area contributed by atoms with E-state index in [1.807, 2.05) is 18.2 Å². The number of carbonyl (C=O) groups excluding carboxylic acids is 1. The Morgan fingerprint density at radius 3 is 3.11 bits per heavy atom. The van der Waals surface area contributed by atoms with Crippen LogP contribution in [0.25, 0.3) is 6.08 Å². The normalized spacial score (nSPS) is 18.1. The molecule has 1 aromatic carbocycles. The second kappa shape index (κ2) is 6.38. The van der Waals surface area contributed by atoms with E-state index >= 15 is 0 Å². The van der Waals surface area contributed by atoms with Crippen molar-refractivity contribution in [1.82, 2.24) is 5.32 Å². The van der Waals surface area contributed by atoms with E-state index in [1.54, 1.807) is 13.2 Å². The predicted octanol–water partition coefficient (Wildman–Crippen LogP) is 1.79. The fourth-order valence-electron chi connectivity index (χ4n) is 2.13. The van der Waals surface area contributed by atoms with Gasteiger partial charge in [-0.1, -0.05) is 24.8 Å². The molecule has 1 aromatic rings. The third-order valence-electron chi connectivity index (χ3n) is 3.19. The lowest BCUT2D eigenvalue weighted by molar-refractivity contribution is -0.121. The number of ether oxygens (including phenoxy) is 2. The number of rotatable bonds is 5. The van der Waals surface area contributed by atoms with Crippen LogP contribution >= 0.6 is 0 Å². The fraction of sp³-hybridized carbons (Fsp3) is 0.400. The van der Waals surface area contributed by atoms with Gasteiger partial charge < -0.3 is 14.8 Å². The fourth-order valence-corrected chi connectivity index (χ4v) is 2.13. The van der Waals surface area contributed by atoms with Gasteiger partial charge in [0.2, 0.25) is 5.91 Å². The number of benzene rings is 1. The zero-order valence-corrected chi connectivity index (χ0v) is 11.1. The molecule has 1 amide bonds. The zero-order chi connectivity index (χ0) is 13.7. The Bertz CT molecular complexity index is 464. The number of nitrogens with one attached hydrogen (secondary N) is 1. The molecule has 1 aliphatic heterocycles. The van der Waals surface area contributed by atoms with E-state index in [0.29, 0.717) is 13.0 Å². The van der Waals surface area contributed by atoms with Gasteiger partial charge in [0.25, 0.3) is 0 Å². The third-order valence-corrected chi connectivity index (χ3v) is 3.19. The molecule has 0 saturated carbocycles. The summed E-state index contributed by atoms with van der Waals surface area (Å²) in [5.41, 5.74) is 1.86. The third kappa shape index (κ3) is 3.58. The largest absolute Gasteiger partial charge is 0.496 e. The quantitative estimate of drug-likeness (QED) is 0.879. The molecule has 19 heavy (non-hydrogen) atoms. The van der Waals surface area contributed by atoms with Crippen LogP contribution in [0.4, 0.5) is 0 Å². The summed E-state index contributed by atoms with van der Waals surface area (Å²) in [4.78, 5) is 11.9. The predicted molar refractivity (Wildman–Crippen MR) is 74.2 cm³/mol. The molecule has 1 aliphatic rings. The molecule has 1 saturated heterocycles. The summed E-state index contributed by atoms with van der Waals surface area (Å²) in [6.07, 6.45) is 2.96. The summed E-state index contributed by atoms with van der Waals surface area (Å²) in [7, 11) is 1.61. The van der Waals surface area contributed by atoms with E-state index in [1.165, 1.54) is 0 Å². The van der Waals surface area contributed by atoms with Crippen LogP contribution in [0.15, 0.2) is 24.8 Å². The van der Waals surface area contributed by atoms with E-state index in [0.717, 1.165) is 29.9 Å². The van der Waals surface area contributed by atoms with Gasteiger partial charge in [0, 0.05) is 12.2 Å². The van der Waals surface area contributed by atoms with Crippen LogP contribution in [0.2, 0.25) is 0 Å². The minimum atomic E-state index is 0.000142. The van der Waals surface area contributed by atoms with Crippen LogP contribution in [0, 0.1) is 0 Å². The van der Waals surface area contributed by atoms with Gasteiger partial charge in [-0.2, -0.15) is 0 Å². The van der Waals surface area contributed by atoms with E-state index in [-0.39, 0.29) is 11.9 Å². The molecule has 0 bridgehead atoms. The van der Waals surface area contributed by atoms with Gasteiger partial charge >= 0.3 is 0 Å². The highest BCUT2D eigenvalue weighted by molar-refractivity contribution is 5.79. The Balaban J connectivity index is 2.01. The molecule has 1 unspecified atom stereocenters. The number of methoxy groups -OCH3 is 1. The van der Waals surface area contributed by atoms with Crippen LogP contribution in [0.1, 0.15) is 17.5 Å². The molecule has 102 valence electrons. The topological polar surface area (TPSA) is 47.6 Å². The maximum atomic E-state index is 11.9. The van der Waals surface area contributed by atoms with Gasteiger partial charge in [-0.15, -0.1) is 0 Å². The smallest absolute Gasteiger partial charge is 0.224 e. The summed E-state index contributed by atoms with van der Waals surface area (Å²) in [5, 5.41) is 2.97. The number of hydrogen-bond donors (Lipinski definition) is 1. The highest BCUT2D eigenvalue weighted by Crippen LogP contribution is 2.21. The molecule has 4 nitrogen and oxygen atoms in total. The van der Waals surface area contributed by atoms with Crippen molar-refractivity contribution in [2.24, 2.45) is 0 Å². The van der Waals surface area contributed by atoms with E-state index in [2.05, 4.69) is 11.9 Å². The first-order valence-corrected chi connectivity index (χ1v) is 6.39. The van der Waals surface area contributed by atoms with Crippen LogP contribution in [0.5, 0.6) is 5.75 Å². The maximum absolute atomic E-state index is 11.9. The molecular weight excluding hydrogens is 242 g/mol. The molecule has 4 heteroatoms. The highest BCUT2D eigenvalue weighted by atomic mass is 16.5. The molecule has 1 N–H and O–H groups in total. The molecule has 0 aromatic heterocycles. The van der Waals surface area contributed by atoms with E-state index in [9.17, 15) is 4.79 Å². The van der Waals surface area contributed by atoms with Crippen LogP contribution in [0.3, 0.4) is 0 Å².